The third-order valence-electron chi connectivity index (χ3n) is 23.4. The molecule has 0 aliphatic heterocycles. The number of aromatic nitrogens is 4. The first kappa shape index (κ1) is 77.9. The summed E-state index contributed by atoms with van der Waals surface area (Å²) in [6.45, 7) is 0. The molecule has 4 heteroatoms. The fraction of sp³-hybridized carbons (Fsp3) is 0. The molecular formula is C122H84N4. The highest BCUT2D eigenvalue weighted by atomic mass is 14.9. The van der Waals surface area contributed by atoms with Crippen LogP contribution in [0.15, 0.2) is 510 Å². The summed E-state index contributed by atoms with van der Waals surface area (Å²) in [7, 11) is 0. The van der Waals surface area contributed by atoms with Crippen molar-refractivity contribution in [2.45, 2.75) is 0 Å². The molecule has 0 aliphatic rings. The molecule has 4 nitrogen and oxygen atoms in total. The molecule has 0 aliphatic carbocycles. The summed E-state index contributed by atoms with van der Waals surface area (Å²) in [5.41, 5.74) is 39.6. The van der Waals surface area contributed by atoms with Crippen LogP contribution in [-0.4, -0.2) is 19.9 Å². The quantitative estimate of drug-likeness (QED) is 0.0810. The van der Waals surface area contributed by atoms with Crippen LogP contribution < -0.4 is 0 Å². The van der Waals surface area contributed by atoms with Crippen molar-refractivity contribution in [1.29, 1.82) is 0 Å². The van der Waals surface area contributed by atoms with E-state index in [0.717, 1.165) is 112 Å². The summed E-state index contributed by atoms with van der Waals surface area (Å²) in [6.07, 6.45) is 0. The van der Waals surface area contributed by atoms with Crippen molar-refractivity contribution in [3.05, 3.63) is 510 Å². The van der Waals surface area contributed by atoms with E-state index in [1.807, 2.05) is 30.3 Å². The number of nitrogens with zero attached hydrogens (tertiary/aromatic N) is 4. The zero-order valence-corrected chi connectivity index (χ0v) is 69.3. The third kappa shape index (κ3) is 17.2. The van der Waals surface area contributed by atoms with Crippen molar-refractivity contribution in [3.8, 4) is 212 Å². The maximum absolute atomic E-state index is 5.43. The van der Waals surface area contributed by atoms with Crippen LogP contribution in [0.2, 0.25) is 0 Å². The second-order valence-electron chi connectivity index (χ2n) is 31.5. The minimum absolute atomic E-state index is 0.674. The third-order valence-corrected chi connectivity index (χ3v) is 23.4. The Hall–Kier alpha value is -16.7. The van der Waals surface area contributed by atoms with Crippen LogP contribution in [0.3, 0.4) is 0 Å². The van der Waals surface area contributed by atoms with Gasteiger partial charge >= 0.3 is 0 Å². The Morgan fingerprint density at radius 3 is 0.524 bits per heavy atom. The molecule has 2 aromatic heterocycles. The molecule has 0 saturated heterocycles. The summed E-state index contributed by atoms with van der Waals surface area (Å²) in [6, 6.07) is 181. The van der Waals surface area contributed by atoms with Gasteiger partial charge in [-0.05, 0) is 224 Å². The molecule has 19 aromatic carbocycles. The van der Waals surface area contributed by atoms with E-state index in [1.165, 1.54) is 89.0 Å². The molecule has 0 fully saturated rings. The van der Waals surface area contributed by atoms with Gasteiger partial charge < -0.3 is 0 Å². The highest BCUT2D eigenvalue weighted by Crippen LogP contribution is 2.46. The highest BCUT2D eigenvalue weighted by molar-refractivity contribution is 5.95. The maximum atomic E-state index is 5.43. The van der Waals surface area contributed by atoms with Gasteiger partial charge in [0.1, 0.15) is 0 Å². The summed E-state index contributed by atoms with van der Waals surface area (Å²) in [4.78, 5) is 21.1. The predicted octanol–water partition coefficient (Wildman–Crippen LogP) is 32.6. The average Bonchev–Trinajstić information content (AvgIpc) is 0.772. The summed E-state index contributed by atoms with van der Waals surface area (Å²) >= 11 is 0. The van der Waals surface area contributed by atoms with Crippen molar-refractivity contribution in [3.63, 3.8) is 0 Å². The van der Waals surface area contributed by atoms with Gasteiger partial charge in [0.15, 0.2) is 11.6 Å². The fourth-order valence-electron chi connectivity index (χ4n) is 17.0. The first-order chi connectivity index (χ1) is 62.4. The molecule has 0 saturated carbocycles. The van der Waals surface area contributed by atoms with Crippen molar-refractivity contribution in [1.82, 2.24) is 19.9 Å². The Balaban J connectivity index is 0.000000160. The Morgan fingerprint density at radius 2 is 0.262 bits per heavy atom. The van der Waals surface area contributed by atoms with Crippen molar-refractivity contribution >= 4 is 0 Å². The van der Waals surface area contributed by atoms with Crippen LogP contribution in [0.1, 0.15) is 0 Å². The van der Waals surface area contributed by atoms with E-state index in [1.54, 1.807) is 0 Å². The number of benzene rings is 19. The molecule has 0 atom stereocenters. The molecule has 0 bridgehead atoms. The van der Waals surface area contributed by atoms with Crippen LogP contribution in [0.5, 0.6) is 0 Å². The van der Waals surface area contributed by atoms with Gasteiger partial charge in [0.2, 0.25) is 0 Å². The van der Waals surface area contributed by atoms with E-state index in [0.29, 0.717) is 11.6 Å². The maximum Gasteiger partial charge on any atom is 0.160 e. The van der Waals surface area contributed by atoms with Gasteiger partial charge in [-0.2, -0.15) is 0 Å². The Labute approximate surface area is 736 Å². The molecule has 2 heterocycles. The molecular weight excluding hydrogens is 1520 g/mol. The molecule has 126 heavy (non-hydrogen) atoms. The number of rotatable bonds is 19. The van der Waals surface area contributed by atoms with E-state index in [4.69, 9.17) is 19.9 Å². The zero-order chi connectivity index (χ0) is 84.2. The summed E-state index contributed by atoms with van der Waals surface area (Å²) in [5.74, 6) is 1.37. The first-order valence-electron chi connectivity index (χ1n) is 42.9. The zero-order valence-electron chi connectivity index (χ0n) is 69.3. The lowest BCUT2D eigenvalue weighted by molar-refractivity contribution is 1.18. The van der Waals surface area contributed by atoms with Crippen molar-refractivity contribution < 1.29 is 0 Å². The largest absolute Gasteiger partial charge is 0.228 e. The van der Waals surface area contributed by atoms with Gasteiger partial charge in [0.25, 0.3) is 0 Å². The standard InChI is InChI=1S/C64H44N2.C58H40N2/c1-7-20-45(21-8-1)51-32-19-33-54(38-51)64-65-62(50-30-17-6-18-31-50)44-63(66-64)57-40-55(52-34-36-58(46-22-9-2-10-23-46)60(42-52)48-26-13-4-14-27-48)39-56(41-57)53-35-37-59(47-24-11-3-12-25-47)61(43-53)49-28-15-5-16-29-49;1-7-19-41(20-8-1)52-33-31-47(38-54(52)43-23-11-3-12-24-43)49-35-50(48-32-34-53(42-21-9-2-10-22-42)55(39-48)44-25-13-4-14-26-44)37-51(36-49)57-40-56(45-27-15-5-16-28-45)59-58(60-57)46-29-17-6-18-30-46/h1-44H;1-40H. The van der Waals surface area contributed by atoms with Gasteiger partial charge in [0.05, 0.1) is 22.8 Å². The van der Waals surface area contributed by atoms with Crippen molar-refractivity contribution in [2.75, 3.05) is 0 Å². The molecule has 0 unspecified atom stereocenters. The molecule has 21 rings (SSSR count). The first-order valence-corrected chi connectivity index (χ1v) is 42.9. The molecule has 0 radical (unpaired) electrons. The minimum Gasteiger partial charge on any atom is -0.228 e. The van der Waals surface area contributed by atoms with Gasteiger partial charge in [-0.15, -0.1) is 0 Å². The van der Waals surface area contributed by atoms with E-state index < -0.39 is 0 Å². The lowest BCUT2D eigenvalue weighted by atomic mass is 9.88. The van der Waals surface area contributed by atoms with Gasteiger partial charge in [-0.3, -0.25) is 0 Å². The van der Waals surface area contributed by atoms with Crippen LogP contribution in [0, 0.1) is 0 Å². The van der Waals surface area contributed by atoms with Gasteiger partial charge in [-0.25, -0.2) is 19.9 Å². The van der Waals surface area contributed by atoms with Crippen LogP contribution in [0.25, 0.3) is 212 Å². The highest BCUT2D eigenvalue weighted by Gasteiger charge is 2.22. The molecule has 592 valence electrons. The van der Waals surface area contributed by atoms with E-state index >= 15 is 0 Å². The second kappa shape index (κ2) is 36.3. The molecule has 0 N–H and O–H groups in total. The lowest BCUT2D eigenvalue weighted by Crippen LogP contribution is -1.97. The van der Waals surface area contributed by atoms with E-state index in [9.17, 15) is 0 Å². The van der Waals surface area contributed by atoms with Gasteiger partial charge in [0, 0.05) is 33.4 Å². The summed E-state index contributed by atoms with van der Waals surface area (Å²) < 4.78 is 0. The normalized spacial score (nSPS) is 11.0. The monoisotopic (exact) mass is 1600 g/mol. The van der Waals surface area contributed by atoms with Crippen LogP contribution in [0.4, 0.5) is 0 Å². The summed E-state index contributed by atoms with van der Waals surface area (Å²) in [5, 5.41) is 0. The van der Waals surface area contributed by atoms with E-state index in [2.05, 4.69) is 479 Å². The van der Waals surface area contributed by atoms with Crippen LogP contribution >= 0.6 is 0 Å². The molecule has 21 aromatic rings. The predicted molar refractivity (Wildman–Crippen MR) is 527 cm³/mol. The average molecular weight is 1610 g/mol. The lowest BCUT2D eigenvalue weighted by Gasteiger charge is -2.17. The fourth-order valence-corrected chi connectivity index (χ4v) is 17.0. The molecule has 0 spiro atoms. The minimum atomic E-state index is 0.674. The SMILES string of the molecule is c1ccc(-c2cc(-c3cc(-c4ccc(-c5ccccc5)c(-c5ccccc5)c4)cc(-c4ccc(-c5ccccc5)c(-c5ccccc5)c4)c3)nc(-c3ccccc3)n2)cc1.c1ccc(-c2cccc(-c3nc(-c4ccccc4)cc(-c4cc(-c5ccc(-c6ccccc6)c(-c6ccccc6)c5)cc(-c5ccc(-c6ccccc6)c(-c6ccccc6)c5)c4)n3)c2)cc1. The molecule has 0 amide bonds. The van der Waals surface area contributed by atoms with Crippen LogP contribution in [-0.2, 0) is 0 Å². The Bertz CT molecular complexity index is 7000. The topological polar surface area (TPSA) is 51.6 Å². The number of hydrogen-bond acceptors (Lipinski definition) is 4. The van der Waals surface area contributed by atoms with Gasteiger partial charge in [-0.1, -0.05) is 431 Å². The smallest absolute Gasteiger partial charge is 0.160 e. The van der Waals surface area contributed by atoms with Crippen molar-refractivity contribution in [2.24, 2.45) is 0 Å². The Morgan fingerprint density at radius 1 is 0.0873 bits per heavy atom. The Kier molecular flexibility index (Phi) is 22.5. The second-order valence-corrected chi connectivity index (χ2v) is 31.5. The number of hydrogen-bond donors (Lipinski definition) is 0. The van der Waals surface area contributed by atoms with E-state index in [-0.39, 0.29) is 0 Å².